The van der Waals surface area contributed by atoms with Crippen molar-refractivity contribution in [3.05, 3.63) is 41.2 Å². The molecule has 0 bridgehead atoms. The van der Waals surface area contributed by atoms with Gasteiger partial charge in [0.25, 0.3) is 5.88 Å². The molecule has 3 aromatic rings. The van der Waals surface area contributed by atoms with Gasteiger partial charge < -0.3 is 19.5 Å². The number of nitrogens with zero attached hydrogens (tertiary/aromatic N) is 6. The maximum atomic E-state index is 12.1. The minimum Gasteiger partial charge on any atom is -0.487 e. The number of fused-ring (bicyclic) bond motifs is 1. The van der Waals surface area contributed by atoms with Gasteiger partial charge in [-0.2, -0.15) is 5.26 Å². The molecule has 1 unspecified atom stereocenters. The first-order valence-electron chi connectivity index (χ1n) is 11.2. The van der Waals surface area contributed by atoms with Gasteiger partial charge in [0.15, 0.2) is 5.75 Å². The summed E-state index contributed by atoms with van der Waals surface area (Å²) in [5, 5.41) is 30.7. The normalized spacial score (nSPS) is 17.7. The number of amides is 1. The molecule has 3 heterocycles. The molecule has 1 aliphatic carbocycles. The van der Waals surface area contributed by atoms with E-state index in [1.165, 1.54) is 24.9 Å². The van der Waals surface area contributed by atoms with Gasteiger partial charge in [0.2, 0.25) is 5.91 Å². The van der Waals surface area contributed by atoms with Crippen molar-refractivity contribution < 1.29 is 19.4 Å². The zero-order valence-corrected chi connectivity index (χ0v) is 19.4. The first-order chi connectivity index (χ1) is 16.4. The van der Waals surface area contributed by atoms with Gasteiger partial charge >= 0.3 is 0 Å². The van der Waals surface area contributed by atoms with Crippen molar-refractivity contribution in [2.45, 2.75) is 25.4 Å². The predicted octanol–water partition coefficient (Wildman–Crippen LogP) is 1.75. The second-order valence-electron chi connectivity index (χ2n) is 9.05. The molecule has 1 atom stereocenters. The second kappa shape index (κ2) is 8.25. The summed E-state index contributed by atoms with van der Waals surface area (Å²) in [5.74, 6) is 0.760. The van der Waals surface area contributed by atoms with Crippen LogP contribution in [0.2, 0.25) is 0 Å². The van der Waals surface area contributed by atoms with E-state index in [-0.39, 0.29) is 17.7 Å². The van der Waals surface area contributed by atoms with E-state index in [0.717, 1.165) is 12.8 Å². The fraction of sp³-hybridized carbons (Fsp3) is 0.458. The molecule has 1 N–H and O–H groups in total. The molecule has 5 rings (SSSR count). The minimum atomic E-state index is -1.47. The molecule has 2 fully saturated rings. The Morgan fingerprint density at radius 2 is 2.12 bits per heavy atom. The first kappa shape index (κ1) is 22.1. The van der Waals surface area contributed by atoms with Gasteiger partial charge in [0.05, 0.1) is 31.1 Å². The summed E-state index contributed by atoms with van der Waals surface area (Å²) in [5.41, 5.74) is 0.467. The molecule has 2 aliphatic rings. The summed E-state index contributed by atoms with van der Waals surface area (Å²) in [4.78, 5) is 18.0. The number of nitriles is 1. The molecular formula is C24H26N6O4. The summed E-state index contributed by atoms with van der Waals surface area (Å²) in [6, 6.07) is 7.56. The number of pyridine rings is 1. The fourth-order valence-electron chi connectivity index (χ4n) is 4.56. The summed E-state index contributed by atoms with van der Waals surface area (Å²) in [7, 11) is 3.21. The Balaban J connectivity index is 1.64. The number of carbonyl (C=O) groups excluding carboxylic acids is 1. The average Bonchev–Trinajstić information content (AvgIpc) is 3.52. The molecule has 176 valence electrons. The highest BCUT2D eigenvalue weighted by Gasteiger charge is 2.49. The van der Waals surface area contributed by atoms with Crippen molar-refractivity contribution >= 4 is 16.8 Å². The molecule has 1 saturated heterocycles. The molecule has 2 aromatic heterocycles. The third kappa shape index (κ3) is 3.53. The fourth-order valence-corrected chi connectivity index (χ4v) is 4.56. The van der Waals surface area contributed by atoms with Gasteiger partial charge in [0.1, 0.15) is 17.2 Å². The lowest BCUT2D eigenvalue weighted by Gasteiger charge is -2.47. The van der Waals surface area contributed by atoms with E-state index >= 15 is 0 Å². The molecule has 34 heavy (non-hydrogen) atoms. The Morgan fingerprint density at radius 1 is 1.35 bits per heavy atom. The van der Waals surface area contributed by atoms with Gasteiger partial charge in [-0.3, -0.25) is 4.79 Å². The number of aliphatic hydroxyl groups is 1. The Morgan fingerprint density at radius 3 is 2.71 bits per heavy atom. The van der Waals surface area contributed by atoms with Gasteiger partial charge in [-0.15, -0.1) is 5.10 Å². The number of hydrogen-bond acceptors (Lipinski definition) is 8. The number of likely N-dealkylation sites (tertiary alicyclic amines) is 1. The van der Waals surface area contributed by atoms with Crippen LogP contribution in [0.3, 0.4) is 0 Å². The monoisotopic (exact) mass is 462 g/mol. The van der Waals surface area contributed by atoms with E-state index in [4.69, 9.17) is 9.47 Å². The first-order valence-corrected chi connectivity index (χ1v) is 11.2. The van der Waals surface area contributed by atoms with Crippen molar-refractivity contribution in [2.75, 3.05) is 26.8 Å². The van der Waals surface area contributed by atoms with Crippen LogP contribution in [0.4, 0.5) is 0 Å². The maximum absolute atomic E-state index is 12.1. The average molecular weight is 463 g/mol. The SMILES string of the molecule is COc1nc2ccc(C(O)(c3cnnn3C)C3CN(C(C)=O)C3)cc2c(C#N)c1OCC1CC1. The zero-order valence-electron chi connectivity index (χ0n) is 19.4. The topological polar surface area (TPSA) is 126 Å². The van der Waals surface area contributed by atoms with Crippen molar-refractivity contribution in [3.8, 4) is 17.7 Å². The number of rotatable bonds is 7. The van der Waals surface area contributed by atoms with Crippen molar-refractivity contribution in [3.63, 3.8) is 0 Å². The third-order valence-corrected chi connectivity index (χ3v) is 6.84. The van der Waals surface area contributed by atoms with Crippen molar-refractivity contribution in [2.24, 2.45) is 18.9 Å². The number of benzene rings is 1. The van der Waals surface area contributed by atoms with Crippen LogP contribution < -0.4 is 9.47 Å². The standard InChI is InChI=1S/C24H26N6O4/c1-14(31)30-11-17(12-30)24(32,21-10-26-28-29(21)2)16-6-7-20-18(8-16)19(9-25)22(23(27-20)33-3)34-13-15-4-5-15/h6-8,10,15,17,32H,4-5,11-13H2,1-3H3. The Kier molecular flexibility index (Phi) is 5.37. The van der Waals surface area contributed by atoms with E-state index in [2.05, 4.69) is 21.4 Å². The molecule has 1 aromatic carbocycles. The summed E-state index contributed by atoms with van der Waals surface area (Å²) >= 11 is 0. The van der Waals surface area contributed by atoms with Gasteiger partial charge in [-0.25, -0.2) is 9.67 Å². The van der Waals surface area contributed by atoms with Crippen LogP contribution in [0.25, 0.3) is 10.9 Å². The van der Waals surface area contributed by atoms with E-state index in [0.29, 0.717) is 59.1 Å². The summed E-state index contributed by atoms with van der Waals surface area (Å²) in [6.07, 6.45) is 3.75. The van der Waals surface area contributed by atoms with Crippen LogP contribution in [-0.2, 0) is 17.4 Å². The van der Waals surface area contributed by atoms with Crippen LogP contribution in [0.5, 0.6) is 11.6 Å². The van der Waals surface area contributed by atoms with Crippen LogP contribution in [0.1, 0.15) is 36.6 Å². The van der Waals surface area contributed by atoms with Gasteiger partial charge in [-0.1, -0.05) is 11.3 Å². The van der Waals surface area contributed by atoms with E-state index in [1.54, 1.807) is 30.1 Å². The Hall–Kier alpha value is -3.71. The zero-order chi connectivity index (χ0) is 24.0. The van der Waals surface area contributed by atoms with Gasteiger partial charge in [-0.05, 0) is 36.5 Å². The van der Waals surface area contributed by atoms with E-state index in [9.17, 15) is 15.2 Å². The number of aromatic nitrogens is 4. The van der Waals surface area contributed by atoms with Gasteiger partial charge in [0, 0.05) is 38.4 Å². The summed E-state index contributed by atoms with van der Waals surface area (Å²) in [6.45, 7) is 2.82. The second-order valence-corrected chi connectivity index (χ2v) is 9.05. The van der Waals surface area contributed by atoms with Crippen molar-refractivity contribution in [1.82, 2.24) is 24.9 Å². The highest BCUT2D eigenvalue weighted by atomic mass is 16.5. The number of carbonyl (C=O) groups is 1. The summed E-state index contributed by atoms with van der Waals surface area (Å²) < 4.78 is 12.9. The molecular weight excluding hydrogens is 436 g/mol. The van der Waals surface area contributed by atoms with E-state index < -0.39 is 5.60 Å². The smallest absolute Gasteiger partial charge is 0.258 e. The highest BCUT2D eigenvalue weighted by Crippen LogP contribution is 2.43. The number of aryl methyl sites for hydroxylation is 1. The van der Waals surface area contributed by atoms with Crippen LogP contribution in [-0.4, -0.2) is 62.7 Å². The van der Waals surface area contributed by atoms with Crippen molar-refractivity contribution in [1.29, 1.82) is 5.26 Å². The molecule has 10 heteroatoms. The Bertz CT molecular complexity index is 1300. The number of ether oxygens (including phenoxy) is 2. The van der Waals surface area contributed by atoms with Crippen LogP contribution in [0, 0.1) is 23.2 Å². The number of methoxy groups -OCH3 is 1. The third-order valence-electron chi connectivity index (χ3n) is 6.84. The Labute approximate surface area is 196 Å². The molecule has 0 spiro atoms. The molecule has 10 nitrogen and oxygen atoms in total. The highest BCUT2D eigenvalue weighted by molar-refractivity contribution is 5.89. The van der Waals surface area contributed by atoms with E-state index in [1.807, 2.05) is 0 Å². The minimum absolute atomic E-state index is 0.0410. The molecule has 0 radical (unpaired) electrons. The van der Waals surface area contributed by atoms with Crippen LogP contribution in [0.15, 0.2) is 24.4 Å². The lowest BCUT2D eigenvalue weighted by Crippen LogP contribution is -2.58. The van der Waals surface area contributed by atoms with Crippen LogP contribution >= 0.6 is 0 Å². The quantitative estimate of drug-likeness (QED) is 0.563. The maximum Gasteiger partial charge on any atom is 0.258 e. The molecule has 1 saturated carbocycles. The lowest BCUT2D eigenvalue weighted by molar-refractivity contribution is -0.142. The predicted molar refractivity (Wildman–Crippen MR) is 121 cm³/mol. The molecule has 1 aliphatic heterocycles. The largest absolute Gasteiger partial charge is 0.487 e. The lowest BCUT2D eigenvalue weighted by atomic mass is 9.74. The number of hydrogen-bond donors (Lipinski definition) is 1. The molecule has 1 amide bonds.